The average molecular weight is 280 g/mol. The summed E-state index contributed by atoms with van der Waals surface area (Å²) in [5.41, 5.74) is 0.627. The summed E-state index contributed by atoms with van der Waals surface area (Å²) in [4.78, 5) is 0. The van der Waals surface area contributed by atoms with Gasteiger partial charge in [-0.1, -0.05) is 11.6 Å². The molecule has 1 N–H and O–H groups in total. The lowest BCUT2D eigenvalue weighted by molar-refractivity contribution is 0.00744. The third kappa shape index (κ3) is 2.05. The first kappa shape index (κ1) is 12.0. The Labute approximate surface area is 118 Å². The van der Waals surface area contributed by atoms with Crippen molar-refractivity contribution < 1.29 is 4.39 Å². The topological polar surface area (TPSA) is 12.0 Å². The van der Waals surface area contributed by atoms with Crippen molar-refractivity contribution in [3.8, 4) is 0 Å². The third-order valence-electron chi connectivity index (χ3n) is 5.48. The van der Waals surface area contributed by atoms with E-state index in [0.717, 1.165) is 23.7 Å². The summed E-state index contributed by atoms with van der Waals surface area (Å²) >= 11 is 5.81. The van der Waals surface area contributed by atoms with Crippen molar-refractivity contribution in [2.45, 2.75) is 38.1 Å². The maximum atomic E-state index is 13.9. The van der Waals surface area contributed by atoms with E-state index in [0.29, 0.717) is 16.8 Å². The molecule has 4 bridgehead atoms. The quantitative estimate of drug-likeness (QED) is 0.826. The van der Waals surface area contributed by atoms with Crippen LogP contribution in [0.1, 0.15) is 32.1 Å². The highest BCUT2D eigenvalue weighted by Crippen LogP contribution is 2.54. The van der Waals surface area contributed by atoms with Crippen LogP contribution in [0.2, 0.25) is 5.02 Å². The van der Waals surface area contributed by atoms with E-state index in [2.05, 4.69) is 5.32 Å². The number of benzene rings is 1. The first-order valence-corrected chi connectivity index (χ1v) is 7.78. The van der Waals surface area contributed by atoms with E-state index in [1.807, 2.05) is 0 Å². The second-order valence-electron chi connectivity index (χ2n) is 6.73. The molecule has 4 saturated carbocycles. The predicted octanol–water partition coefficient (Wildman–Crippen LogP) is 4.72. The highest BCUT2D eigenvalue weighted by Gasteiger charge is 2.48. The van der Waals surface area contributed by atoms with Crippen LogP contribution in [0.4, 0.5) is 10.1 Å². The molecule has 1 aromatic carbocycles. The number of rotatable bonds is 2. The van der Waals surface area contributed by atoms with Gasteiger partial charge in [0.2, 0.25) is 0 Å². The summed E-state index contributed by atoms with van der Waals surface area (Å²) in [6.07, 6.45) is 6.84. The Bertz CT molecular complexity index is 474. The van der Waals surface area contributed by atoms with Crippen molar-refractivity contribution in [2.75, 3.05) is 5.32 Å². The summed E-state index contributed by atoms with van der Waals surface area (Å²) < 4.78 is 13.9. The molecule has 4 fully saturated rings. The van der Waals surface area contributed by atoms with Crippen molar-refractivity contribution >= 4 is 17.3 Å². The molecule has 5 rings (SSSR count). The van der Waals surface area contributed by atoms with E-state index in [1.54, 1.807) is 12.1 Å². The molecule has 0 heterocycles. The van der Waals surface area contributed by atoms with Crippen LogP contribution < -0.4 is 5.32 Å². The first-order chi connectivity index (χ1) is 9.19. The number of hydrogen-bond donors (Lipinski definition) is 1. The van der Waals surface area contributed by atoms with Gasteiger partial charge < -0.3 is 5.32 Å². The molecule has 19 heavy (non-hydrogen) atoms. The van der Waals surface area contributed by atoms with Crippen molar-refractivity contribution in [2.24, 2.45) is 23.7 Å². The van der Waals surface area contributed by atoms with Gasteiger partial charge in [0.15, 0.2) is 0 Å². The molecular weight excluding hydrogens is 261 g/mol. The Balaban J connectivity index is 1.56. The van der Waals surface area contributed by atoms with E-state index < -0.39 is 0 Å². The van der Waals surface area contributed by atoms with E-state index >= 15 is 0 Å². The standard InChI is InChI=1S/C16H19ClFN/c17-13-1-2-15(14(18)8-13)19-16-11-4-9-3-10(6-11)7-12(16)5-9/h1-2,8-12,16,19H,3-7H2. The lowest BCUT2D eigenvalue weighted by atomic mass is 9.54. The molecule has 102 valence electrons. The minimum absolute atomic E-state index is 0.221. The second kappa shape index (κ2) is 4.37. The van der Waals surface area contributed by atoms with Crippen LogP contribution in [0.15, 0.2) is 18.2 Å². The molecule has 4 aliphatic rings. The zero-order valence-corrected chi connectivity index (χ0v) is 11.7. The van der Waals surface area contributed by atoms with Crippen LogP contribution in [0.3, 0.4) is 0 Å². The van der Waals surface area contributed by atoms with Crippen LogP contribution in [0.5, 0.6) is 0 Å². The van der Waals surface area contributed by atoms with E-state index in [1.165, 1.54) is 38.2 Å². The number of nitrogens with one attached hydrogen (secondary N) is 1. The highest BCUT2D eigenvalue weighted by atomic mass is 35.5. The summed E-state index contributed by atoms with van der Waals surface area (Å²) in [5, 5.41) is 3.95. The van der Waals surface area contributed by atoms with Gasteiger partial charge in [0, 0.05) is 11.1 Å². The lowest BCUT2D eigenvalue weighted by Gasteiger charge is -2.54. The average Bonchev–Trinajstić information content (AvgIpc) is 2.35. The van der Waals surface area contributed by atoms with Gasteiger partial charge >= 0.3 is 0 Å². The first-order valence-electron chi connectivity index (χ1n) is 7.40. The second-order valence-corrected chi connectivity index (χ2v) is 7.16. The summed E-state index contributed by atoms with van der Waals surface area (Å²) in [6, 6.07) is 5.43. The van der Waals surface area contributed by atoms with Gasteiger partial charge in [-0.2, -0.15) is 0 Å². The molecule has 1 nitrogen and oxygen atoms in total. The van der Waals surface area contributed by atoms with Crippen LogP contribution in [-0.2, 0) is 0 Å². The largest absolute Gasteiger partial charge is 0.379 e. The minimum Gasteiger partial charge on any atom is -0.379 e. The van der Waals surface area contributed by atoms with Crippen molar-refractivity contribution in [1.82, 2.24) is 0 Å². The van der Waals surface area contributed by atoms with Crippen LogP contribution in [0, 0.1) is 29.5 Å². The fourth-order valence-electron chi connectivity index (χ4n) is 4.95. The molecule has 0 amide bonds. The molecule has 0 spiro atoms. The maximum Gasteiger partial charge on any atom is 0.147 e. The summed E-state index contributed by atoms with van der Waals surface area (Å²) in [7, 11) is 0. The number of anilines is 1. The van der Waals surface area contributed by atoms with Gasteiger partial charge in [0.25, 0.3) is 0 Å². The third-order valence-corrected chi connectivity index (χ3v) is 5.72. The van der Waals surface area contributed by atoms with Gasteiger partial charge in [0.1, 0.15) is 5.82 Å². The summed E-state index contributed by atoms with van der Waals surface area (Å²) in [5.74, 6) is 3.20. The predicted molar refractivity (Wildman–Crippen MR) is 75.9 cm³/mol. The van der Waals surface area contributed by atoms with Crippen LogP contribution >= 0.6 is 11.6 Å². The normalized spacial score (nSPS) is 39.6. The molecule has 3 heteroatoms. The molecule has 4 aliphatic carbocycles. The van der Waals surface area contributed by atoms with Gasteiger partial charge in [-0.05, 0) is 74.0 Å². The molecule has 0 unspecified atom stereocenters. The maximum absolute atomic E-state index is 13.9. The fourth-order valence-corrected chi connectivity index (χ4v) is 5.11. The number of halogens is 2. The Morgan fingerprint density at radius 3 is 2.21 bits per heavy atom. The van der Waals surface area contributed by atoms with Gasteiger partial charge in [-0.25, -0.2) is 4.39 Å². The van der Waals surface area contributed by atoms with E-state index in [9.17, 15) is 4.39 Å². The molecule has 0 aliphatic heterocycles. The smallest absolute Gasteiger partial charge is 0.147 e. The van der Waals surface area contributed by atoms with Gasteiger partial charge in [-0.3, -0.25) is 0 Å². The van der Waals surface area contributed by atoms with E-state index in [4.69, 9.17) is 11.6 Å². The monoisotopic (exact) mass is 279 g/mol. The van der Waals surface area contributed by atoms with Gasteiger partial charge in [0.05, 0.1) is 5.69 Å². The van der Waals surface area contributed by atoms with Crippen LogP contribution in [-0.4, -0.2) is 6.04 Å². The minimum atomic E-state index is -0.221. The zero-order chi connectivity index (χ0) is 13.0. The van der Waals surface area contributed by atoms with Crippen molar-refractivity contribution in [3.05, 3.63) is 29.0 Å². The van der Waals surface area contributed by atoms with Crippen molar-refractivity contribution in [1.29, 1.82) is 0 Å². The Morgan fingerprint density at radius 2 is 1.63 bits per heavy atom. The van der Waals surface area contributed by atoms with Crippen LogP contribution in [0.25, 0.3) is 0 Å². The lowest BCUT2D eigenvalue weighted by Crippen LogP contribution is -2.51. The molecule has 1 aromatic rings. The molecule has 0 radical (unpaired) electrons. The Hall–Kier alpha value is -0.760. The fraction of sp³-hybridized carbons (Fsp3) is 0.625. The number of hydrogen-bond acceptors (Lipinski definition) is 1. The Morgan fingerprint density at radius 1 is 1.00 bits per heavy atom. The summed E-state index contributed by atoms with van der Waals surface area (Å²) in [6.45, 7) is 0. The zero-order valence-electron chi connectivity index (χ0n) is 10.9. The van der Waals surface area contributed by atoms with Crippen molar-refractivity contribution in [3.63, 3.8) is 0 Å². The van der Waals surface area contributed by atoms with E-state index in [-0.39, 0.29) is 5.82 Å². The SMILES string of the molecule is Fc1cc(Cl)ccc1NC1C2CC3CC(C2)CC1C3. The molecular formula is C16H19ClFN. The Kier molecular flexibility index (Phi) is 2.77. The van der Waals surface area contributed by atoms with Gasteiger partial charge in [-0.15, -0.1) is 0 Å². The molecule has 0 saturated heterocycles. The molecule has 0 aromatic heterocycles. The molecule has 0 atom stereocenters. The highest BCUT2D eigenvalue weighted by molar-refractivity contribution is 6.30.